The highest BCUT2D eigenvalue weighted by Gasteiger charge is 2.19. The highest BCUT2D eigenvalue weighted by atomic mass is 32.2. The third kappa shape index (κ3) is 5.26. The van der Waals surface area contributed by atoms with Gasteiger partial charge in [0, 0.05) is 17.7 Å². The Morgan fingerprint density at radius 2 is 2.08 bits per heavy atom. The zero-order chi connectivity index (χ0) is 9.78. The molecular formula is C7H14NO3S-. The fourth-order valence-electron chi connectivity index (χ4n) is 0.689. The maximum absolute atomic E-state index is 10.9. The van der Waals surface area contributed by atoms with E-state index in [0.29, 0.717) is 0 Å². The first kappa shape index (κ1) is 11.6. The maximum atomic E-state index is 10.9. The molecule has 1 atom stereocenters. The van der Waals surface area contributed by atoms with Gasteiger partial charge in [-0.05, 0) is 5.41 Å². The lowest BCUT2D eigenvalue weighted by atomic mass is 9.86. The predicted molar refractivity (Wildman–Crippen MR) is 45.8 cm³/mol. The molecule has 0 fully saturated rings. The van der Waals surface area contributed by atoms with Gasteiger partial charge in [-0.3, -0.25) is 13.7 Å². The lowest BCUT2D eigenvalue weighted by molar-refractivity contribution is -0.121. The van der Waals surface area contributed by atoms with E-state index < -0.39 is 17.2 Å². The van der Waals surface area contributed by atoms with E-state index >= 15 is 0 Å². The van der Waals surface area contributed by atoms with Crippen molar-refractivity contribution in [1.29, 1.82) is 0 Å². The van der Waals surface area contributed by atoms with Crippen molar-refractivity contribution < 1.29 is 13.6 Å². The van der Waals surface area contributed by atoms with Crippen molar-refractivity contribution in [3.8, 4) is 0 Å². The van der Waals surface area contributed by atoms with Gasteiger partial charge in [-0.15, -0.1) is 0 Å². The minimum atomic E-state index is -2.48. The zero-order valence-electron chi connectivity index (χ0n) is 7.55. The molecule has 1 N–H and O–H groups in total. The van der Waals surface area contributed by atoms with Crippen LogP contribution in [0.2, 0.25) is 0 Å². The standard InChI is InChI=1S/C7H15NO3S/c1-4-7(2,3)5-6(9)8-12(10)11/h4-5H2,1-3H3,(H,8,9)(H,10,11)/p-1. The van der Waals surface area contributed by atoms with Crippen LogP contribution in [0.5, 0.6) is 0 Å². The van der Waals surface area contributed by atoms with Crippen LogP contribution in [0, 0.1) is 5.41 Å². The van der Waals surface area contributed by atoms with Gasteiger partial charge in [0.15, 0.2) is 0 Å². The summed E-state index contributed by atoms with van der Waals surface area (Å²) in [5, 5.41) is 0. The lowest BCUT2D eigenvalue weighted by Gasteiger charge is -2.21. The van der Waals surface area contributed by atoms with Gasteiger partial charge in [-0.25, -0.2) is 0 Å². The van der Waals surface area contributed by atoms with Crippen LogP contribution in [0.1, 0.15) is 33.6 Å². The van der Waals surface area contributed by atoms with Crippen LogP contribution < -0.4 is 4.72 Å². The highest BCUT2D eigenvalue weighted by molar-refractivity contribution is 7.77. The van der Waals surface area contributed by atoms with Gasteiger partial charge in [-0.2, -0.15) is 0 Å². The van der Waals surface area contributed by atoms with E-state index in [1.54, 1.807) is 0 Å². The largest absolute Gasteiger partial charge is 0.755 e. The maximum Gasteiger partial charge on any atom is 0.231 e. The van der Waals surface area contributed by atoms with Gasteiger partial charge >= 0.3 is 0 Å². The zero-order valence-corrected chi connectivity index (χ0v) is 8.36. The van der Waals surface area contributed by atoms with Crippen LogP contribution in [0.4, 0.5) is 0 Å². The molecule has 0 aromatic carbocycles. The molecule has 72 valence electrons. The summed E-state index contributed by atoms with van der Waals surface area (Å²) < 4.78 is 21.9. The Labute approximate surface area is 75.2 Å². The summed E-state index contributed by atoms with van der Waals surface area (Å²) in [7, 11) is 0. The molecule has 0 aromatic heterocycles. The van der Waals surface area contributed by atoms with E-state index in [9.17, 15) is 13.6 Å². The van der Waals surface area contributed by atoms with Crippen LogP contribution in [0.3, 0.4) is 0 Å². The van der Waals surface area contributed by atoms with Crippen LogP contribution in [0.15, 0.2) is 0 Å². The summed E-state index contributed by atoms with van der Waals surface area (Å²) in [5.41, 5.74) is -0.135. The van der Waals surface area contributed by atoms with Gasteiger partial charge in [0.2, 0.25) is 5.91 Å². The summed E-state index contributed by atoms with van der Waals surface area (Å²) in [6.07, 6.45) is 1.07. The number of rotatable bonds is 4. The van der Waals surface area contributed by atoms with Crippen LogP contribution in [0.25, 0.3) is 0 Å². The molecule has 0 radical (unpaired) electrons. The minimum absolute atomic E-state index is 0.135. The van der Waals surface area contributed by atoms with Crippen molar-refractivity contribution in [2.45, 2.75) is 33.6 Å². The second-order valence-electron chi connectivity index (χ2n) is 3.45. The predicted octanol–water partition coefficient (Wildman–Crippen LogP) is 0.723. The van der Waals surface area contributed by atoms with Crippen molar-refractivity contribution in [3.63, 3.8) is 0 Å². The number of hydrogen-bond donors (Lipinski definition) is 1. The molecule has 0 heterocycles. The van der Waals surface area contributed by atoms with Gasteiger partial charge in [-0.1, -0.05) is 27.2 Å². The number of amides is 1. The second kappa shape index (κ2) is 4.57. The lowest BCUT2D eigenvalue weighted by Crippen LogP contribution is -2.29. The molecule has 12 heavy (non-hydrogen) atoms. The monoisotopic (exact) mass is 192 g/mol. The molecule has 0 aromatic rings. The van der Waals surface area contributed by atoms with Gasteiger partial charge in [0.1, 0.15) is 0 Å². The normalized spacial score (nSPS) is 14.0. The molecular weight excluding hydrogens is 178 g/mol. The third-order valence-electron chi connectivity index (χ3n) is 1.79. The van der Waals surface area contributed by atoms with Crippen molar-refractivity contribution in [1.82, 2.24) is 4.72 Å². The molecule has 0 rings (SSSR count). The molecule has 1 amide bonds. The van der Waals surface area contributed by atoms with Crippen molar-refractivity contribution in [3.05, 3.63) is 0 Å². The Bertz CT molecular complexity index is 191. The number of hydrogen-bond acceptors (Lipinski definition) is 3. The Hall–Kier alpha value is -0.420. The molecule has 5 heteroatoms. The van der Waals surface area contributed by atoms with Crippen LogP contribution in [-0.2, 0) is 16.1 Å². The molecule has 0 aliphatic carbocycles. The topological polar surface area (TPSA) is 69.2 Å². The summed E-state index contributed by atoms with van der Waals surface area (Å²) in [6, 6.07) is 0. The summed E-state index contributed by atoms with van der Waals surface area (Å²) >= 11 is -2.48. The van der Waals surface area contributed by atoms with Crippen LogP contribution in [-0.4, -0.2) is 14.7 Å². The molecule has 0 aliphatic heterocycles. The molecule has 1 unspecified atom stereocenters. The van der Waals surface area contributed by atoms with Crippen molar-refractivity contribution >= 4 is 17.2 Å². The van der Waals surface area contributed by atoms with E-state index in [4.69, 9.17) is 0 Å². The minimum Gasteiger partial charge on any atom is -0.755 e. The van der Waals surface area contributed by atoms with Gasteiger partial charge in [0.25, 0.3) is 0 Å². The molecule has 0 spiro atoms. The van der Waals surface area contributed by atoms with Crippen LogP contribution >= 0.6 is 0 Å². The second-order valence-corrected chi connectivity index (χ2v) is 4.13. The van der Waals surface area contributed by atoms with Crippen molar-refractivity contribution in [2.75, 3.05) is 0 Å². The highest BCUT2D eigenvalue weighted by Crippen LogP contribution is 2.23. The SMILES string of the molecule is CCC(C)(C)CC(=O)NS(=O)[O-]. The molecule has 0 aliphatic rings. The van der Waals surface area contributed by atoms with E-state index in [-0.39, 0.29) is 11.8 Å². The first-order chi connectivity index (χ1) is 5.37. The number of carbonyl (C=O) groups excluding carboxylic acids is 1. The first-order valence-electron chi connectivity index (χ1n) is 3.76. The number of nitrogens with one attached hydrogen (secondary N) is 1. The Kier molecular flexibility index (Phi) is 4.41. The Morgan fingerprint density at radius 1 is 1.58 bits per heavy atom. The van der Waals surface area contributed by atoms with Gasteiger partial charge in [0.05, 0.1) is 0 Å². The number of carbonyl (C=O) groups is 1. The fourth-order valence-corrected chi connectivity index (χ4v) is 0.947. The third-order valence-corrected chi connectivity index (χ3v) is 2.19. The smallest absolute Gasteiger partial charge is 0.231 e. The van der Waals surface area contributed by atoms with E-state index in [1.807, 2.05) is 25.5 Å². The average molecular weight is 192 g/mol. The Morgan fingerprint density at radius 3 is 2.42 bits per heavy atom. The molecule has 0 saturated heterocycles. The fraction of sp³-hybridized carbons (Fsp3) is 0.857. The summed E-state index contributed by atoms with van der Waals surface area (Å²) in [4.78, 5) is 10.9. The summed E-state index contributed by atoms with van der Waals surface area (Å²) in [6.45, 7) is 5.79. The quantitative estimate of drug-likeness (QED) is 0.667. The van der Waals surface area contributed by atoms with E-state index in [0.717, 1.165) is 6.42 Å². The first-order valence-corrected chi connectivity index (χ1v) is 4.83. The average Bonchev–Trinajstić information content (AvgIpc) is 1.84. The molecule has 0 saturated carbocycles. The Balaban J connectivity index is 3.92. The van der Waals surface area contributed by atoms with E-state index in [2.05, 4.69) is 0 Å². The molecule has 4 nitrogen and oxygen atoms in total. The van der Waals surface area contributed by atoms with Crippen molar-refractivity contribution in [2.24, 2.45) is 5.41 Å². The van der Waals surface area contributed by atoms with Gasteiger partial charge < -0.3 is 4.55 Å². The molecule has 0 bridgehead atoms. The summed E-state index contributed by atoms with van der Waals surface area (Å²) in [5.74, 6) is -0.449. The van der Waals surface area contributed by atoms with E-state index in [1.165, 1.54) is 0 Å².